The number of benzene rings is 2. The van der Waals surface area contributed by atoms with Crippen molar-refractivity contribution in [2.24, 2.45) is 0 Å². The van der Waals surface area contributed by atoms with Crippen LogP contribution >= 0.6 is 0 Å². The van der Waals surface area contributed by atoms with Gasteiger partial charge in [-0.15, -0.1) is 0 Å². The topological polar surface area (TPSA) is 108 Å². The quantitative estimate of drug-likeness (QED) is 0.611. The number of fused-ring (bicyclic) bond motifs is 2. The number of aromatic nitrogens is 2. The zero-order valence-corrected chi connectivity index (χ0v) is 18.6. The minimum absolute atomic E-state index is 0.0512. The first kappa shape index (κ1) is 21.7. The third-order valence-corrected chi connectivity index (χ3v) is 6.69. The highest BCUT2D eigenvalue weighted by molar-refractivity contribution is 5.97. The standard InChI is InChI=1S/C26H22FN5O2/c1-15-8-17(3-5-20(15)27)13-29-24(33)21-10-22(31-14-30-21)25(34)32-23-11-26(6-7-26)19-9-16(12-28)2-4-18(19)23/h2-5,8-10,14,23H,6-7,11,13H2,1H3,(H,29,33)(H,32,34)/t23-/m0/s1. The van der Waals surface area contributed by atoms with Gasteiger partial charge in [0.2, 0.25) is 0 Å². The minimum atomic E-state index is -0.453. The molecule has 2 aliphatic carbocycles. The van der Waals surface area contributed by atoms with Crippen molar-refractivity contribution in [3.05, 3.63) is 93.8 Å². The van der Waals surface area contributed by atoms with Crippen LogP contribution in [0.3, 0.4) is 0 Å². The number of aryl methyl sites for hydroxylation is 1. The predicted octanol–water partition coefficient (Wildman–Crippen LogP) is 3.63. The fraction of sp³-hybridized carbons (Fsp3) is 0.269. The molecule has 5 rings (SSSR count). The molecule has 1 fully saturated rings. The summed E-state index contributed by atoms with van der Waals surface area (Å²) in [5.41, 5.74) is 4.29. The number of nitrogens with zero attached hydrogens (tertiary/aromatic N) is 3. The Morgan fingerprint density at radius 1 is 1.12 bits per heavy atom. The van der Waals surface area contributed by atoms with Gasteiger partial charge in [0.05, 0.1) is 17.7 Å². The molecule has 170 valence electrons. The lowest BCUT2D eigenvalue weighted by Crippen LogP contribution is -2.29. The first-order valence-corrected chi connectivity index (χ1v) is 11.1. The Hall–Kier alpha value is -4.12. The van der Waals surface area contributed by atoms with Crippen LogP contribution in [-0.2, 0) is 12.0 Å². The van der Waals surface area contributed by atoms with E-state index in [0.29, 0.717) is 11.1 Å². The molecule has 0 saturated heterocycles. The lowest BCUT2D eigenvalue weighted by atomic mass is 9.97. The van der Waals surface area contributed by atoms with Crippen LogP contribution in [0, 0.1) is 24.1 Å². The van der Waals surface area contributed by atoms with Crippen LogP contribution in [0.15, 0.2) is 48.8 Å². The number of carbonyl (C=O) groups excluding carboxylic acids is 2. The van der Waals surface area contributed by atoms with E-state index in [1.54, 1.807) is 25.1 Å². The van der Waals surface area contributed by atoms with Crippen LogP contribution in [0.5, 0.6) is 0 Å². The normalized spacial score (nSPS) is 17.0. The molecule has 1 atom stereocenters. The van der Waals surface area contributed by atoms with Gasteiger partial charge in [-0.05, 0) is 72.1 Å². The number of nitrogens with one attached hydrogen (secondary N) is 2. The van der Waals surface area contributed by atoms with E-state index in [4.69, 9.17) is 0 Å². The number of carbonyl (C=O) groups is 2. The molecular weight excluding hydrogens is 433 g/mol. The maximum absolute atomic E-state index is 13.4. The summed E-state index contributed by atoms with van der Waals surface area (Å²) >= 11 is 0. The molecule has 7 nitrogen and oxygen atoms in total. The van der Waals surface area contributed by atoms with Gasteiger partial charge < -0.3 is 10.6 Å². The Morgan fingerprint density at radius 3 is 2.59 bits per heavy atom. The predicted molar refractivity (Wildman–Crippen MR) is 121 cm³/mol. The molecule has 2 amide bonds. The van der Waals surface area contributed by atoms with E-state index in [9.17, 15) is 19.2 Å². The third-order valence-electron chi connectivity index (χ3n) is 6.69. The molecule has 34 heavy (non-hydrogen) atoms. The zero-order chi connectivity index (χ0) is 23.9. The van der Waals surface area contributed by atoms with Crippen LogP contribution in [0.2, 0.25) is 0 Å². The minimum Gasteiger partial charge on any atom is -0.347 e. The summed E-state index contributed by atoms with van der Waals surface area (Å²) in [7, 11) is 0. The van der Waals surface area contributed by atoms with Crippen LogP contribution in [0.25, 0.3) is 0 Å². The highest BCUT2D eigenvalue weighted by Gasteiger charge is 2.52. The fourth-order valence-electron chi connectivity index (χ4n) is 4.68. The summed E-state index contributed by atoms with van der Waals surface area (Å²) in [6.45, 7) is 1.86. The van der Waals surface area contributed by atoms with Gasteiger partial charge in [0.1, 0.15) is 23.5 Å². The molecular formula is C26H22FN5O2. The third kappa shape index (κ3) is 4.01. The Bertz CT molecular complexity index is 1360. The largest absolute Gasteiger partial charge is 0.347 e. The highest BCUT2D eigenvalue weighted by atomic mass is 19.1. The summed E-state index contributed by atoms with van der Waals surface area (Å²) in [5, 5.41) is 15.0. The Labute approximate surface area is 196 Å². The molecule has 2 aliphatic rings. The van der Waals surface area contributed by atoms with E-state index >= 15 is 0 Å². The first-order valence-electron chi connectivity index (χ1n) is 11.1. The number of nitriles is 1. The van der Waals surface area contributed by atoms with E-state index in [-0.39, 0.29) is 41.1 Å². The molecule has 0 aliphatic heterocycles. The number of halogens is 1. The molecule has 3 aromatic rings. The van der Waals surface area contributed by atoms with Crippen LogP contribution in [0.4, 0.5) is 4.39 Å². The van der Waals surface area contributed by atoms with Crippen molar-refractivity contribution in [3.63, 3.8) is 0 Å². The molecule has 1 heterocycles. The average molecular weight is 455 g/mol. The fourth-order valence-corrected chi connectivity index (χ4v) is 4.68. The molecule has 8 heteroatoms. The maximum atomic E-state index is 13.4. The Balaban J connectivity index is 1.27. The van der Waals surface area contributed by atoms with Crippen molar-refractivity contribution in [2.75, 3.05) is 0 Å². The van der Waals surface area contributed by atoms with E-state index in [1.165, 1.54) is 18.5 Å². The van der Waals surface area contributed by atoms with Crippen LogP contribution < -0.4 is 10.6 Å². The highest BCUT2D eigenvalue weighted by Crippen LogP contribution is 2.60. The van der Waals surface area contributed by atoms with Gasteiger partial charge in [0.25, 0.3) is 11.8 Å². The van der Waals surface area contributed by atoms with Gasteiger partial charge in [0.15, 0.2) is 0 Å². The van der Waals surface area contributed by atoms with Crippen LogP contribution in [-0.4, -0.2) is 21.8 Å². The number of hydrogen-bond acceptors (Lipinski definition) is 5. The average Bonchev–Trinajstić information content (AvgIpc) is 3.57. The van der Waals surface area contributed by atoms with E-state index < -0.39 is 5.91 Å². The van der Waals surface area contributed by atoms with Crippen molar-refractivity contribution in [1.82, 2.24) is 20.6 Å². The molecule has 0 bridgehead atoms. The van der Waals surface area contributed by atoms with E-state index in [1.807, 2.05) is 12.1 Å². The Kier molecular flexibility index (Phi) is 5.33. The van der Waals surface area contributed by atoms with E-state index in [2.05, 4.69) is 26.7 Å². The van der Waals surface area contributed by atoms with Crippen molar-refractivity contribution >= 4 is 11.8 Å². The van der Waals surface area contributed by atoms with Crippen LogP contribution in [0.1, 0.15) is 74.1 Å². The summed E-state index contributed by atoms with van der Waals surface area (Å²) in [4.78, 5) is 33.6. The molecule has 2 aromatic carbocycles. The van der Waals surface area contributed by atoms with E-state index in [0.717, 1.165) is 36.0 Å². The molecule has 1 aromatic heterocycles. The number of rotatable bonds is 5. The molecule has 2 N–H and O–H groups in total. The number of amides is 2. The summed E-state index contributed by atoms with van der Waals surface area (Å²) in [5.74, 6) is -1.14. The lowest BCUT2D eigenvalue weighted by molar-refractivity contribution is 0.0930. The first-order chi connectivity index (χ1) is 16.4. The number of hydrogen-bond donors (Lipinski definition) is 2. The second-order valence-corrected chi connectivity index (χ2v) is 8.98. The monoisotopic (exact) mass is 455 g/mol. The van der Waals surface area contributed by atoms with Gasteiger partial charge in [-0.2, -0.15) is 5.26 Å². The van der Waals surface area contributed by atoms with Gasteiger partial charge in [0, 0.05) is 12.6 Å². The van der Waals surface area contributed by atoms with Crippen molar-refractivity contribution in [3.8, 4) is 6.07 Å². The summed E-state index contributed by atoms with van der Waals surface area (Å²) < 4.78 is 13.4. The van der Waals surface area contributed by atoms with Gasteiger partial charge in [-0.1, -0.05) is 18.2 Å². The van der Waals surface area contributed by atoms with Gasteiger partial charge >= 0.3 is 0 Å². The molecule has 1 spiro atoms. The molecule has 0 unspecified atom stereocenters. The molecule has 0 radical (unpaired) electrons. The zero-order valence-electron chi connectivity index (χ0n) is 18.6. The Morgan fingerprint density at radius 2 is 1.88 bits per heavy atom. The second-order valence-electron chi connectivity index (χ2n) is 8.98. The van der Waals surface area contributed by atoms with Crippen molar-refractivity contribution in [1.29, 1.82) is 5.26 Å². The van der Waals surface area contributed by atoms with Gasteiger partial charge in [-0.3, -0.25) is 9.59 Å². The summed E-state index contributed by atoms with van der Waals surface area (Å²) in [6, 6.07) is 13.6. The van der Waals surface area contributed by atoms with Gasteiger partial charge in [-0.25, -0.2) is 14.4 Å². The lowest BCUT2D eigenvalue weighted by Gasteiger charge is -2.14. The smallest absolute Gasteiger partial charge is 0.270 e. The van der Waals surface area contributed by atoms with Crippen molar-refractivity contribution in [2.45, 2.75) is 44.2 Å². The second kappa shape index (κ2) is 8.34. The maximum Gasteiger partial charge on any atom is 0.270 e. The molecule has 1 saturated carbocycles. The van der Waals surface area contributed by atoms with Crippen molar-refractivity contribution < 1.29 is 14.0 Å². The SMILES string of the molecule is Cc1cc(CNC(=O)c2cc(C(=O)N[C@H]3CC4(CC4)c4cc(C#N)ccc43)ncn2)ccc1F. The summed E-state index contributed by atoms with van der Waals surface area (Å²) in [6.07, 6.45) is 4.08.